The standard InChI is InChI=1S/C11H10N4OS/c1-7-13-10(15-16-7)6-12-11-14-8-4-2-3-5-9(8)17-11/h2-5H,6H2,1H3,(H,12,14). The van der Waals surface area contributed by atoms with Gasteiger partial charge in [-0.05, 0) is 12.1 Å². The van der Waals surface area contributed by atoms with Gasteiger partial charge in [0.2, 0.25) is 5.89 Å². The molecule has 0 atom stereocenters. The largest absolute Gasteiger partial charge is 0.354 e. The Kier molecular flexibility index (Phi) is 2.49. The van der Waals surface area contributed by atoms with E-state index < -0.39 is 0 Å². The molecular weight excluding hydrogens is 236 g/mol. The molecular formula is C11H10N4OS. The molecule has 0 radical (unpaired) electrons. The predicted octanol–water partition coefficient (Wildman–Crippen LogP) is 2.60. The minimum atomic E-state index is 0.525. The van der Waals surface area contributed by atoms with Crippen molar-refractivity contribution in [1.29, 1.82) is 0 Å². The fourth-order valence-electron chi connectivity index (χ4n) is 1.52. The van der Waals surface area contributed by atoms with Gasteiger partial charge in [-0.25, -0.2) is 4.98 Å². The van der Waals surface area contributed by atoms with Gasteiger partial charge in [0.05, 0.1) is 16.8 Å². The van der Waals surface area contributed by atoms with Crippen LogP contribution < -0.4 is 5.32 Å². The molecule has 2 aromatic heterocycles. The van der Waals surface area contributed by atoms with Gasteiger partial charge in [-0.15, -0.1) is 0 Å². The lowest BCUT2D eigenvalue weighted by Gasteiger charge is -1.95. The van der Waals surface area contributed by atoms with Crippen LogP contribution in [-0.4, -0.2) is 15.1 Å². The first-order valence-corrected chi connectivity index (χ1v) is 6.01. The van der Waals surface area contributed by atoms with E-state index in [0.717, 1.165) is 10.6 Å². The molecule has 0 aliphatic rings. The van der Waals surface area contributed by atoms with Crippen LogP contribution in [0.15, 0.2) is 28.8 Å². The number of nitrogens with one attached hydrogen (secondary N) is 1. The van der Waals surface area contributed by atoms with Crippen LogP contribution in [0.5, 0.6) is 0 Å². The molecule has 0 spiro atoms. The van der Waals surface area contributed by atoms with Crippen LogP contribution in [0, 0.1) is 6.92 Å². The second-order valence-electron chi connectivity index (χ2n) is 3.57. The average molecular weight is 246 g/mol. The second-order valence-corrected chi connectivity index (χ2v) is 4.60. The summed E-state index contributed by atoms with van der Waals surface area (Å²) in [5.74, 6) is 1.22. The molecule has 0 unspecified atom stereocenters. The molecule has 17 heavy (non-hydrogen) atoms. The lowest BCUT2D eigenvalue weighted by molar-refractivity contribution is 0.388. The van der Waals surface area contributed by atoms with Gasteiger partial charge < -0.3 is 9.84 Å². The summed E-state index contributed by atoms with van der Waals surface area (Å²) >= 11 is 1.61. The summed E-state index contributed by atoms with van der Waals surface area (Å²) in [6.07, 6.45) is 0. The quantitative estimate of drug-likeness (QED) is 0.769. The number of rotatable bonds is 3. The third-order valence-electron chi connectivity index (χ3n) is 2.26. The number of hydrogen-bond acceptors (Lipinski definition) is 6. The van der Waals surface area contributed by atoms with Crippen LogP contribution >= 0.6 is 11.3 Å². The zero-order valence-corrected chi connectivity index (χ0v) is 9.99. The van der Waals surface area contributed by atoms with Gasteiger partial charge in [0.25, 0.3) is 0 Å². The van der Waals surface area contributed by atoms with Crippen LogP contribution in [-0.2, 0) is 6.54 Å². The van der Waals surface area contributed by atoms with E-state index in [9.17, 15) is 0 Å². The maximum atomic E-state index is 4.89. The normalized spacial score (nSPS) is 10.9. The van der Waals surface area contributed by atoms with E-state index in [1.807, 2.05) is 18.2 Å². The number of fused-ring (bicyclic) bond motifs is 1. The van der Waals surface area contributed by atoms with Crippen LogP contribution in [0.3, 0.4) is 0 Å². The van der Waals surface area contributed by atoms with E-state index in [1.54, 1.807) is 18.3 Å². The van der Waals surface area contributed by atoms with E-state index in [-0.39, 0.29) is 0 Å². The Labute approximate surface area is 101 Å². The highest BCUT2D eigenvalue weighted by Crippen LogP contribution is 2.25. The summed E-state index contributed by atoms with van der Waals surface area (Å²) in [6, 6.07) is 8.04. The van der Waals surface area contributed by atoms with Gasteiger partial charge in [0, 0.05) is 6.92 Å². The number of aryl methyl sites for hydroxylation is 1. The van der Waals surface area contributed by atoms with Gasteiger partial charge in [-0.2, -0.15) is 4.98 Å². The number of nitrogens with zero attached hydrogens (tertiary/aromatic N) is 3. The fourth-order valence-corrected chi connectivity index (χ4v) is 2.38. The Morgan fingerprint density at radius 3 is 2.94 bits per heavy atom. The molecule has 0 aliphatic heterocycles. The molecule has 0 saturated heterocycles. The first-order valence-electron chi connectivity index (χ1n) is 5.20. The first-order chi connectivity index (χ1) is 8.31. The van der Waals surface area contributed by atoms with Crippen LogP contribution in [0.2, 0.25) is 0 Å². The first kappa shape index (κ1) is 10.2. The third-order valence-corrected chi connectivity index (χ3v) is 3.26. The minimum absolute atomic E-state index is 0.525. The Bertz CT molecular complexity index is 613. The Hall–Kier alpha value is -1.95. The Morgan fingerprint density at radius 1 is 1.29 bits per heavy atom. The molecule has 5 nitrogen and oxygen atoms in total. The van der Waals surface area contributed by atoms with Crippen LogP contribution in [0.4, 0.5) is 5.13 Å². The maximum absolute atomic E-state index is 4.89. The smallest absolute Gasteiger partial charge is 0.223 e. The van der Waals surface area contributed by atoms with Crippen molar-refractivity contribution in [1.82, 2.24) is 15.1 Å². The van der Waals surface area contributed by atoms with Crippen LogP contribution in [0.25, 0.3) is 10.2 Å². The molecule has 0 bridgehead atoms. The van der Waals surface area contributed by atoms with E-state index in [4.69, 9.17) is 4.52 Å². The summed E-state index contributed by atoms with van der Waals surface area (Å²) in [6.45, 7) is 2.30. The molecule has 0 aliphatic carbocycles. The van der Waals surface area contributed by atoms with Crippen molar-refractivity contribution in [3.63, 3.8) is 0 Å². The average Bonchev–Trinajstić information content (AvgIpc) is 2.91. The SMILES string of the molecule is Cc1nc(CNc2nc3ccccc3s2)no1. The molecule has 6 heteroatoms. The molecule has 86 valence electrons. The van der Waals surface area contributed by atoms with Gasteiger partial charge in [-0.1, -0.05) is 28.6 Å². The molecule has 0 saturated carbocycles. The minimum Gasteiger partial charge on any atom is -0.354 e. The number of anilines is 1. The zero-order chi connectivity index (χ0) is 11.7. The fraction of sp³-hybridized carbons (Fsp3) is 0.182. The third kappa shape index (κ3) is 2.12. The lowest BCUT2D eigenvalue weighted by Crippen LogP contribution is -2.00. The van der Waals surface area contributed by atoms with Crippen molar-refractivity contribution in [3.05, 3.63) is 36.0 Å². The van der Waals surface area contributed by atoms with Gasteiger partial charge in [0.1, 0.15) is 0 Å². The van der Waals surface area contributed by atoms with E-state index in [1.165, 1.54) is 4.70 Å². The molecule has 3 rings (SSSR count). The molecule has 0 amide bonds. The van der Waals surface area contributed by atoms with Crippen molar-refractivity contribution >= 4 is 26.7 Å². The molecule has 2 heterocycles. The van der Waals surface area contributed by atoms with E-state index in [2.05, 4.69) is 26.5 Å². The number of para-hydroxylation sites is 1. The lowest BCUT2D eigenvalue weighted by atomic mass is 10.3. The molecule has 1 N–H and O–H groups in total. The summed E-state index contributed by atoms with van der Waals surface area (Å²) < 4.78 is 6.06. The predicted molar refractivity (Wildman–Crippen MR) is 66.0 cm³/mol. The number of thiazole rings is 1. The second kappa shape index (κ2) is 4.14. The molecule has 3 aromatic rings. The van der Waals surface area contributed by atoms with Crippen molar-refractivity contribution in [3.8, 4) is 0 Å². The highest BCUT2D eigenvalue weighted by molar-refractivity contribution is 7.22. The maximum Gasteiger partial charge on any atom is 0.223 e. The number of hydrogen-bond donors (Lipinski definition) is 1. The monoisotopic (exact) mass is 246 g/mol. The van der Waals surface area contributed by atoms with Gasteiger partial charge in [-0.3, -0.25) is 0 Å². The van der Waals surface area contributed by atoms with Crippen molar-refractivity contribution in [2.24, 2.45) is 0 Å². The van der Waals surface area contributed by atoms with Gasteiger partial charge in [0.15, 0.2) is 11.0 Å². The van der Waals surface area contributed by atoms with Crippen molar-refractivity contribution in [2.75, 3.05) is 5.32 Å². The molecule has 1 aromatic carbocycles. The summed E-state index contributed by atoms with van der Waals surface area (Å²) in [5, 5.41) is 7.87. The van der Waals surface area contributed by atoms with Crippen LogP contribution in [0.1, 0.15) is 11.7 Å². The Morgan fingerprint density at radius 2 is 2.18 bits per heavy atom. The topological polar surface area (TPSA) is 63.8 Å². The number of aromatic nitrogens is 3. The van der Waals surface area contributed by atoms with Crippen molar-refractivity contribution in [2.45, 2.75) is 13.5 Å². The number of benzene rings is 1. The summed E-state index contributed by atoms with van der Waals surface area (Å²) in [5.41, 5.74) is 1.00. The van der Waals surface area contributed by atoms with E-state index >= 15 is 0 Å². The van der Waals surface area contributed by atoms with E-state index in [0.29, 0.717) is 18.3 Å². The highest BCUT2D eigenvalue weighted by atomic mass is 32.1. The highest BCUT2D eigenvalue weighted by Gasteiger charge is 2.05. The summed E-state index contributed by atoms with van der Waals surface area (Å²) in [7, 11) is 0. The Balaban J connectivity index is 1.76. The molecule has 0 fully saturated rings. The zero-order valence-electron chi connectivity index (χ0n) is 9.17. The van der Waals surface area contributed by atoms with Gasteiger partial charge >= 0.3 is 0 Å². The summed E-state index contributed by atoms with van der Waals surface area (Å²) in [4.78, 5) is 8.57. The van der Waals surface area contributed by atoms with Crippen molar-refractivity contribution < 1.29 is 4.52 Å².